The van der Waals surface area contributed by atoms with E-state index in [-0.39, 0.29) is 11.2 Å². The van der Waals surface area contributed by atoms with E-state index >= 15 is 0 Å². The van der Waals surface area contributed by atoms with Gasteiger partial charge in [0.15, 0.2) is 16.8 Å². The predicted molar refractivity (Wildman–Crippen MR) is 112 cm³/mol. The molecule has 2 heterocycles. The minimum atomic E-state index is 0.214. The van der Waals surface area contributed by atoms with Gasteiger partial charge in [-0.25, -0.2) is 4.68 Å². The van der Waals surface area contributed by atoms with Crippen LogP contribution in [0, 0.1) is 23.2 Å². The van der Waals surface area contributed by atoms with E-state index in [1.807, 2.05) is 10.7 Å². The van der Waals surface area contributed by atoms with Gasteiger partial charge in [-0.05, 0) is 54.6 Å². The van der Waals surface area contributed by atoms with Gasteiger partial charge in [-0.2, -0.15) is 5.10 Å². The van der Waals surface area contributed by atoms with Crippen molar-refractivity contribution in [3.05, 3.63) is 34.2 Å². The van der Waals surface area contributed by atoms with E-state index < -0.39 is 0 Å². The molecule has 3 rings (SSSR count). The quantitative estimate of drug-likeness (QED) is 0.677. The van der Waals surface area contributed by atoms with Crippen LogP contribution in [-0.2, 0) is 12.8 Å². The van der Waals surface area contributed by atoms with E-state index in [4.69, 9.17) is 16.7 Å². The molecule has 0 spiro atoms. The van der Waals surface area contributed by atoms with E-state index in [9.17, 15) is 4.79 Å². The highest BCUT2D eigenvalue weighted by Crippen LogP contribution is 2.35. The topological polar surface area (TPSA) is 60.7 Å². The van der Waals surface area contributed by atoms with Crippen LogP contribution in [0.4, 0.5) is 0 Å². The number of hydrogen-bond acceptors (Lipinski definition) is 4. The van der Waals surface area contributed by atoms with Crippen LogP contribution < -0.4 is 0 Å². The fourth-order valence-electron chi connectivity index (χ4n) is 4.35. The number of Topliss-reactive ketones (excluding diaryl/α,β-unsaturated/α-hetero) is 1. The second-order valence-corrected chi connectivity index (χ2v) is 10.2. The van der Waals surface area contributed by atoms with Crippen molar-refractivity contribution in [1.82, 2.24) is 20.0 Å². The van der Waals surface area contributed by atoms with Gasteiger partial charge in [0.2, 0.25) is 0 Å². The van der Waals surface area contributed by atoms with Crippen molar-refractivity contribution in [1.29, 1.82) is 0 Å². The van der Waals surface area contributed by atoms with Gasteiger partial charge in [-0.3, -0.25) is 4.79 Å². The molecule has 2 aromatic rings. The lowest BCUT2D eigenvalue weighted by Gasteiger charge is -2.26. The number of carbonyl (C=O) groups is 1. The second kappa shape index (κ2) is 7.94. The fraction of sp³-hybridized carbons (Fsp3) is 0.636. The molecule has 0 aliphatic heterocycles. The van der Waals surface area contributed by atoms with Gasteiger partial charge in [0.1, 0.15) is 0 Å². The molecule has 1 aliphatic rings. The molecule has 2 atom stereocenters. The summed E-state index contributed by atoms with van der Waals surface area (Å²) in [5, 5.41) is 13.4. The van der Waals surface area contributed by atoms with E-state index in [1.54, 1.807) is 6.07 Å². The molecule has 0 saturated carbocycles. The van der Waals surface area contributed by atoms with Crippen LogP contribution in [0.25, 0.3) is 5.82 Å². The van der Waals surface area contributed by atoms with Crippen molar-refractivity contribution in [2.75, 3.05) is 0 Å². The van der Waals surface area contributed by atoms with Gasteiger partial charge >= 0.3 is 0 Å². The Morgan fingerprint density at radius 1 is 1.18 bits per heavy atom. The van der Waals surface area contributed by atoms with Crippen molar-refractivity contribution >= 4 is 17.4 Å². The molecule has 0 saturated heterocycles. The summed E-state index contributed by atoms with van der Waals surface area (Å²) < 4.78 is 1.82. The Balaban J connectivity index is 2.03. The number of hydrogen-bond donors (Lipinski definition) is 0. The minimum Gasteiger partial charge on any atom is -0.294 e. The highest BCUT2D eigenvalue weighted by molar-refractivity contribution is 6.29. The van der Waals surface area contributed by atoms with Gasteiger partial charge in [-0.15, -0.1) is 10.2 Å². The van der Waals surface area contributed by atoms with Crippen LogP contribution >= 0.6 is 11.6 Å². The Hall–Kier alpha value is -1.75. The molecule has 0 bridgehead atoms. The SMILES string of the molecule is CC(Cc1nn(-c2ccc(Cl)nn2)c2c1C(=O)CC(C(C)C)C2)CC(C)(C)C. The van der Waals surface area contributed by atoms with Crippen LogP contribution in [0.1, 0.15) is 76.1 Å². The van der Waals surface area contributed by atoms with Crippen LogP contribution in [0.15, 0.2) is 12.1 Å². The average Bonchev–Trinajstić information content (AvgIpc) is 2.92. The Morgan fingerprint density at radius 2 is 1.89 bits per heavy atom. The fourth-order valence-corrected chi connectivity index (χ4v) is 4.45. The zero-order valence-electron chi connectivity index (χ0n) is 17.8. The maximum absolute atomic E-state index is 13.1. The van der Waals surface area contributed by atoms with Gasteiger partial charge in [0.05, 0.1) is 17.0 Å². The van der Waals surface area contributed by atoms with Crippen LogP contribution in [0.5, 0.6) is 0 Å². The number of halogens is 1. The first-order valence-electron chi connectivity index (χ1n) is 10.2. The lowest BCUT2D eigenvalue weighted by Crippen LogP contribution is -2.25. The highest BCUT2D eigenvalue weighted by atomic mass is 35.5. The molecule has 0 N–H and O–H groups in total. The number of ketones is 1. The summed E-state index contributed by atoms with van der Waals surface area (Å²) in [6.07, 6.45) is 3.32. The third kappa shape index (κ3) is 4.62. The molecule has 1 aliphatic carbocycles. The summed E-state index contributed by atoms with van der Waals surface area (Å²) >= 11 is 5.91. The van der Waals surface area contributed by atoms with Gasteiger partial charge < -0.3 is 0 Å². The van der Waals surface area contributed by atoms with Gasteiger partial charge in [0.25, 0.3) is 0 Å². The number of rotatable bonds is 5. The lowest BCUT2D eigenvalue weighted by molar-refractivity contribution is 0.0931. The summed E-state index contributed by atoms with van der Waals surface area (Å²) in [4.78, 5) is 13.1. The summed E-state index contributed by atoms with van der Waals surface area (Å²) in [5.74, 6) is 2.05. The second-order valence-electron chi connectivity index (χ2n) is 9.80. The number of nitrogens with zero attached hydrogens (tertiary/aromatic N) is 4. The molecule has 0 amide bonds. The molecule has 5 nitrogen and oxygen atoms in total. The molecule has 6 heteroatoms. The molecule has 28 heavy (non-hydrogen) atoms. The Bertz CT molecular complexity index is 849. The Labute approximate surface area is 172 Å². The number of fused-ring (bicyclic) bond motifs is 1. The lowest BCUT2D eigenvalue weighted by atomic mass is 9.78. The smallest absolute Gasteiger partial charge is 0.176 e. The zero-order chi connectivity index (χ0) is 20.6. The molecular formula is C22H31ClN4O. The Morgan fingerprint density at radius 3 is 2.46 bits per heavy atom. The number of aromatic nitrogens is 4. The van der Waals surface area contributed by atoms with Crippen LogP contribution in [0.3, 0.4) is 0 Å². The summed E-state index contributed by atoms with van der Waals surface area (Å²) in [6, 6.07) is 3.53. The maximum Gasteiger partial charge on any atom is 0.176 e. The maximum atomic E-state index is 13.1. The van der Waals surface area contributed by atoms with Crippen LogP contribution in [0.2, 0.25) is 5.15 Å². The summed E-state index contributed by atoms with van der Waals surface area (Å²) in [6.45, 7) is 13.3. The van der Waals surface area contributed by atoms with E-state index in [2.05, 4.69) is 51.7 Å². The van der Waals surface area contributed by atoms with Crippen molar-refractivity contribution in [2.45, 2.75) is 67.2 Å². The van der Waals surface area contributed by atoms with Crippen molar-refractivity contribution in [3.63, 3.8) is 0 Å². The Kier molecular flexibility index (Phi) is 5.95. The average molecular weight is 403 g/mol. The third-order valence-corrected chi connectivity index (χ3v) is 5.72. The molecule has 0 fully saturated rings. The highest BCUT2D eigenvalue weighted by Gasteiger charge is 2.34. The monoisotopic (exact) mass is 402 g/mol. The number of carbonyl (C=O) groups excluding carboxylic acids is 1. The molecule has 152 valence electrons. The first kappa shape index (κ1) is 21.0. The third-order valence-electron chi connectivity index (χ3n) is 5.52. The molecule has 2 aromatic heterocycles. The van der Waals surface area contributed by atoms with E-state index in [0.29, 0.717) is 35.1 Å². The van der Waals surface area contributed by atoms with Crippen LogP contribution in [-0.4, -0.2) is 25.8 Å². The van der Waals surface area contributed by atoms with Crippen molar-refractivity contribution in [3.8, 4) is 5.82 Å². The molecular weight excluding hydrogens is 372 g/mol. The van der Waals surface area contributed by atoms with E-state index in [1.165, 1.54) is 0 Å². The van der Waals surface area contributed by atoms with E-state index in [0.717, 1.165) is 36.2 Å². The minimum absolute atomic E-state index is 0.214. The molecule has 0 aromatic carbocycles. The molecule has 0 radical (unpaired) electrons. The first-order chi connectivity index (χ1) is 13.0. The molecule has 2 unspecified atom stereocenters. The van der Waals surface area contributed by atoms with Gasteiger partial charge in [-0.1, -0.05) is 53.1 Å². The largest absolute Gasteiger partial charge is 0.294 e. The standard InChI is InChI=1S/C22H31ClN4O/c1-13(2)15-10-17-21(18(28)11-15)16(9-14(3)12-22(4,5)6)26-27(17)20-8-7-19(23)24-25-20/h7-8,13-15H,9-12H2,1-6H3. The normalized spacial score (nSPS) is 18.4. The summed E-state index contributed by atoms with van der Waals surface area (Å²) in [7, 11) is 0. The first-order valence-corrected chi connectivity index (χ1v) is 10.6. The van der Waals surface area contributed by atoms with Crippen molar-refractivity contribution in [2.24, 2.45) is 23.2 Å². The van der Waals surface area contributed by atoms with Gasteiger partial charge in [0, 0.05) is 6.42 Å². The summed E-state index contributed by atoms with van der Waals surface area (Å²) in [5.41, 5.74) is 2.94. The zero-order valence-corrected chi connectivity index (χ0v) is 18.5. The predicted octanol–water partition coefficient (Wildman–Crippen LogP) is 5.33. The van der Waals surface area contributed by atoms with Crippen molar-refractivity contribution < 1.29 is 4.79 Å².